The molecule has 1 aliphatic heterocycles. The van der Waals surface area contributed by atoms with Crippen molar-refractivity contribution < 1.29 is 58.1 Å². The Morgan fingerprint density at radius 3 is 2.18 bits per heavy atom. The Hall–Kier alpha value is -4.82. The van der Waals surface area contributed by atoms with E-state index in [1.54, 1.807) is 24.3 Å². The summed E-state index contributed by atoms with van der Waals surface area (Å²) in [5, 5.41) is 42.1. The predicted octanol–water partition coefficient (Wildman–Crippen LogP) is 2.23. The van der Waals surface area contributed by atoms with Gasteiger partial charge in [-0.3, -0.25) is 4.79 Å². The molecule has 44 heavy (non-hydrogen) atoms. The van der Waals surface area contributed by atoms with E-state index < -0.39 is 54.5 Å². The van der Waals surface area contributed by atoms with E-state index in [-0.39, 0.29) is 45.3 Å². The molecule has 5 atom stereocenters. The first-order valence-electron chi connectivity index (χ1n) is 13.3. The number of carbonyl (C=O) groups is 1. The smallest absolute Gasteiger partial charge is 0.338 e. The number of carbonyl (C=O) groups excluding carboxylic acids is 1. The van der Waals surface area contributed by atoms with E-state index in [9.17, 15) is 30.0 Å². The van der Waals surface area contributed by atoms with Crippen molar-refractivity contribution in [3.63, 3.8) is 0 Å². The maximum Gasteiger partial charge on any atom is 0.338 e. The van der Waals surface area contributed by atoms with Crippen LogP contribution in [0, 0.1) is 0 Å². The van der Waals surface area contributed by atoms with Crippen molar-refractivity contribution in [2.45, 2.75) is 30.7 Å². The van der Waals surface area contributed by atoms with Crippen molar-refractivity contribution in [2.24, 2.45) is 0 Å². The van der Waals surface area contributed by atoms with Crippen LogP contribution in [0.3, 0.4) is 0 Å². The van der Waals surface area contributed by atoms with E-state index in [0.29, 0.717) is 5.56 Å². The molecular formula is C31H30O13. The van der Waals surface area contributed by atoms with E-state index in [4.69, 9.17) is 32.8 Å². The van der Waals surface area contributed by atoms with E-state index in [2.05, 4.69) is 0 Å². The molecule has 0 aliphatic carbocycles. The Labute approximate surface area is 250 Å². The highest BCUT2D eigenvalue weighted by molar-refractivity contribution is 5.91. The molecule has 13 nitrogen and oxygen atoms in total. The fraction of sp³-hybridized carbons (Fsp3) is 0.290. The highest BCUT2D eigenvalue weighted by Crippen LogP contribution is 2.38. The Morgan fingerprint density at radius 2 is 1.55 bits per heavy atom. The molecule has 0 saturated carbocycles. The minimum absolute atomic E-state index is 0.00642. The predicted molar refractivity (Wildman–Crippen MR) is 153 cm³/mol. The maximum absolute atomic E-state index is 12.8. The summed E-state index contributed by atoms with van der Waals surface area (Å²) >= 11 is 0. The van der Waals surface area contributed by atoms with E-state index in [1.165, 1.54) is 45.6 Å². The topological polar surface area (TPSA) is 184 Å². The molecule has 0 unspecified atom stereocenters. The van der Waals surface area contributed by atoms with Crippen LogP contribution in [-0.2, 0) is 9.47 Å². The molecule has 0 spiro atoms. The van der Waals surface area contributed by atoms with Crippen molar-refractivity contribution in [3.05, 3.63) is 76.5 Å². The average molecular weight is 611 g/mol. The van der Waals surface area contributed by atoms with Gasteiger partial charge in [0, 0.05) is 23.8 Å². The number of methoxy groups -OCH3 is 3. The lowest BCUT2D eigenvalue weighted by Crippen LogP contribution is -2.60. The molecule has 0 amide bonds. The number of ether oxygens (including phenoxy) is 6. The minimum atomic E-state index is -1.75. The van der Waals surface area contributed by atoms with E-state index in [0.717, 1.165) is 6.07 Å². The molecule has 4 N–H and O–H groups in total. The molecule has 1 aliphatic rings. The van der Waals surface area contributed by atoms with Gasteiger partial charge >= 0.3 is 5.97 Å². The van der Waals surface area contributed by atoms with E-state index >= 15 is 0 Å². The number of hydrogen-bond donors (Lipinski definition) is 4. The van der Waals surface area contributed by atoms with Gasteiger partial charge in [-0.1, -0.05) is 30.3 Å². The average Bonchev–Trinajstić information content (AvgIpc) is 3.03. The lowest BCUT2D eigenvalue weighted by molar-refractivity contribution is -0.277. The molecule has 5 rings (SSSR count). The second-order valence-electron chi connectivity index (χ2n) is 9.80. The van der Waals surface area contributed by atoms with Crippen molar-refractivity contribution >= 4 is 16.9 Å². The fourth-order valence-electron chi connectivity index (χ4n) is 4.78. The van der Waals surface area contributed by atoms with Crippen LogP contribution in [0.4, 0.5) is 0 Å². The first kappa shape index (κ1) is 30.6. The lowest BCUT2D eigenvalue weighted by atomic mass is 9.99. The molecule has 4 aromatic rings. The number of rotatable bonds is 9. The summed E-state index contributed by atoms with van der Waals surface area (Å²) in [6.45, 7) is -0.543. The molecule has 232 valence electrons. The molecule has 1 saturated heterocycles. The first-order chi connectivity index (χ1) is 21.1. The van der Waals surface area contributed by atoms with Crippen molar-refractivity contribution in [2.75, 3.05) is 27.9 Å². The van der Waals surface area contributed by atoms with Crippen LogP contribution in [-0.4, -0.2) is 85.0 Å². The number of fused-ring (bicyclic) bond motifs is 1. The number of esters is 1. The van der Waals surface area contributed by atoms with Gasteiger partial charge < -0.3 is 53.3 Å². The molecule has 13 heteroatoms. The van der Waals surface area contributed by atoms with Gasteiger partial charge in [0.05, 0.1) is 26.9 Å². The summed E-state index contributed by atoms with van der Waals surface area (Å²) < 4.78 is 38.3. The van der Waals surface area contributed by atoms with Gasteiger partial charge in [-0.2, -0.15) is 0 Å². The zero-order valence-corrected chi connectivity index (χ0v) is 23.8. The number of phenols is 1. The van der Waals surface area contributed by atoms with Crippen LogP contribution < -0.4 is 24.4 Å². The van der Waals surface area contributed by atoms with Crippen molar-refractivity contribution in [3.8, 4) is 40.1 Å². The van der Waals surface area contributed by atoms with Gasteiger partial charge in [0.15, 0.2) is 16.9 Å². The number of aliphatic hydroxyl groups excluding tert-OH is 3. The Kier molecular flexibility index (Phi) is 8.92. The largest absolute Gasteiger partial charge is 0.507 e. The third-order valence-electron chi connectivity index (χ3n) is 7.04. The standard InChI is InChI=1S/C31H30O13/c1-38-22-9-16(10-23(39-2)29(22)40-3)30(37)41-14-24-26(34)27(35)28(36)31(44-24)42-17-11-18(32)25-19(33)13-20(43-21(25)12-17)15-7-5-4-6-8-15/h4-13,24,26-28,31-32,34-36H,14H2,1-3H3/t24-,26-,27+,28-,31-/m1/s1. The summed E-state index contributed by atoms with van der Waals surface area (Å²) in [6.07, 6.45) is -8.07. The highest BCUT2D eigenvalue weighted by atomic mass is 16.7. The number of benzene rings is 3. The van der Waals surface area contributed by atoms with Gasteiger partial charge in [0.1, 0.15) is 59.3 Å². The summed E-state index contributed by atoms with van der Waals surface area (Å²) in [4.78, 5) is 25.6. The number of hydrogen-bond acceptors (Lipinski definition) is 13. The van der Waals surface area contributed by atoms with E-state index in [1.807, 2.05) is 6.07 Å². The third kappa shape index (κ3) is 5.98. The van der Waals surface area contributed by atoms with Crippen LogP contribution in [0.1, 0.15) is 10.4 Å². The molecule has 1 fully saturated rings. The summed E-state index contributed by atoms with van der Waals surface area (Å²) in [6, 6.07) is 15.3. The molecule has 0 radical (unpaired) electrons. The maximum atomic E-state index is 12.8. The second-order valence-corrected chi connectivity index (χ2v) is 9.80. The number of phenolic OH excluding ortho intramolecular Hbond substituents is 1. The van der Waals surface area contributed by atoms with Gasteiger partial charge in [-0.25, -0.2) is 4.79 Å². The molecule has 1 aromatic heterocycles. The van der Waals surface area contributed by atoms with Crippen LogP contribution in [0.25, 0.3) is 22.3 Å². The van der Waals surface area contributed by atoms with Crippen LogP contribution in [0.5, 0.6) is 28.7 Å². The Morgan fingerprint density at radius 1 is 0.864 bits per heavy atom. The summed E-state index contributed by atoms with van der Waals surface area (Å²) in [5.74, 6) is -0.417. The first-order valence-corrected chi connectivity index (χ1v) is 13.3. The van der Waals surface area contributed by atoms with Crippen molar-refractivity contribution in [1.29, 1.82) is 0 Å². The minimum Gasteiger partial charge on any atom is -0.507 e. The van der Waals surface area contributed by atoms with Crippen LogP contribution in [0.2, 0.25) is 0 Å². The van der Waals surface area contributed by atoms with Gasteiger partial charge in [0.25, 0.3) is 0 Å². The normalized spacial score (nSPS) is 21.5. The SMILES string of the molecule is COc1cc(C(=O)OC[C@H]2O[C@@H](Oc3cc(O)c4c(=O)cc(-c5ccccc5)oc4c3)[C@H](O)[C@@H](O)[C@@H]2O)cc(OC)c1OC. The quantitative estimate of drug-likeness (QED) is 0.203. The van der Waals surface area contributed by atoms with Crippen LogP contribution in [0.15, 0.2) is 69.9 Å². The Bertz CT molecular complexity index is 1680. The van der Waals surface area contributed by atoms with Gasteiger partial charge in [-0.05, 0) is 12.1 Å². The zero-order valence-electron chi connectivity index (χ0n) is 23.8. The molecule has 2 heterocycles. The van der Waals surface area contributed by atoms with Crippen LogP contribution >= 0.6 is 0 Å². The Balaban J connectivity index is 1.35. The molecule has 0 bridgehead atoms. The van der Waals surface area contributed by atoms with Gasteiger partial charge in [-0.15, -0.1) is 0 Å². The third-order valence-corrected chi connectivity index (χ3v) is 7.04. The second kappa shape index (κ2) is 12.8. The fourth-order valence-corrected chi connectivity index (χ4v) is 4.78. The summed E-state index contributed by atoms with van der Waals surface area (Å²) in [7, 11) is 4.18. The van der Waals surface area contributed by atoms with Crippen molar-refractivity contribution in [1.82, 2.24) is 0 Å². The number of aliphatic hydroxyl groups is 3. The summed E-state index contributed by atoms with van der Waals surface area (Å²) in [5.41, 5.74) is 0.175. The monoisotopic (exact) mass is 610 g/mol. The lowest BCUT2D eigenvalue weighted by Gasteiger charge is -2.39. The van der Waals surface area contributed by atoms with Gasteiger partial charge in [0.2, 0.25) is 12.0 Å². The highest BCUT2D eigenvalue weighted by Gasteiger charge is 2.45. The molecule has 3 aromatic carbocycles. The number of aromatic hydroxyl groups is 1. The zero-order chi connectivity index (χ0) is 31.5. The molecular weight excluding hydrogens is 580 g/mol.